The van der Waals surface area contributed by atoms with Gasteiger partial charge in [0.1, 0.15) is 0 Å². The maximum atomic E-state index is 6.05. The van der Waals surface area contributed by atoms with Crippen molar-refractivity contribution in [2.75, 3.05) is 5.32 Å². The van der Waals surface area contributed by atoms with E-state index in [-0.39, 0.29) is 5.25 Å². The van der Waals surface area contributed by atoms with E-state index in [0.29, 0.717) is 0 Å². The standard InChI is InChI=1S/C21H16ClNS/c22-17-12-10-16(11-13-17)21-14-19(15-6-2-1-3-7-15)23-18-8-4-5-9-20(18)24-21/h1-14,21,23H. The molecule has 118 valence electrons. The first-order chi connectivity index (χ1) is 11.8. The molecule has 3 aromatic carbocycles. The first-order valence-corrected chi connectivity index (χ1v) is 9.11. The molecule has 0 aliphatic carbocycles. The number of benzene rings is 3. The molecule has 1 aliphatic heterocycles. The highest BCUT2D eigenvalue weighted by Gasteiger charge is 2.19. The van der Waals surface area contributed by atoms with Gasteiger partial charge in [0.25, 0.3) is 0 Å². The van der Waals surface area contributed by atoms with Gasteiger partial charge in [-0.25, -0.2) is 0 Å². The number of halogens is 1. The lowest BCUT2D eigenvalue weighted by Crippen LogP contribution is -1.99. The van der Waals surface area contributed by atoms with E-state index in [0.717, 1.165) is 16.4 Å². The Morgan fingerprint density at radius 2 is 1.50 bits per heavy atom. The Balaban J connectivity index is 1.81. The third kappa shape index (κ3) is 3.21. The van der Waals surface area contributed by atoms with E-state index >= 15 is 0 Å². The summed E-state index contributed by atoms with van der Waals surface area (Å²) < 4.78 is 0. The van der Waals surface area contributed by atoms with Crippen LogP contribution in [0.15, 0.2) is 89.8 Å². The van der Waals surface area contributed by atoms with E-state index in [2.05, 4.69) is 72.1 Å². The van der Waals surface area contributed by atoms with Crippen LogP contribution < -0.4 is 5.32 Å². The zero-order chi connectivity index (χ0) is 16.4. The molecule has 3 aromatic rings. The molecule has 1 aliphatic rings. The largest absolute Gasteiger partial charge is 0.354 e. The van der Waals surface area contributed by atoms with Crippen LogP contribution >= 0.6 is 23.4 Å². The summed E-state index contributed by atoms with van der Waals surface area (Å²) in [5, 5.41) is 4.60. The molecule has 24 heavy (non-hydrogen) atoms. The van der Waals surface area contributed by atoms with Crippen molar-refractivity contribution >= 4 is 34.7 Å². The van der Waals surface area contributed by atoms with Crippen LogP contribution in [0.4, 0.5) is 5.69 Å². The highest BCUT2D eigenvalue weighted by atomic mass is 35.5. The van der Waals surface area contributed by atoms with E-state index < -0.39 is 0 Å². The summed E-state index contributed by atoms with van der Waals surface area (Å²) >= 11 is 7.91. The van der Waals surface area contributed by atoms with Crippen LogP contribution in [-0.4, -0.2) is 0 Å². The maximum Gasteiger partial charge on any atom is 0.0548 e. The summed E-state index contributed by atoms with van der Waals surface area (Å²) in [5.41, 5.74) is 4.71. The molecule has 0 amide bonds. The van der Waals surface area contributed by atoms with Crippen LogP contribution in [0.1, 0.15) is 16.4 Å². The SMILES string of the molecule is Clc1ccc(C2C=C(c3ccccc3)Nc3ccccc3S2)cc1. The van der Waals surface area contributed by atoms with Crippen molar-refractivity contribution < 1.29 is 0 Å². The van der Waals surface area contributed by atoms with Gasteiger partial charge in [-0.05, 0) is 41.5 Å². The molecule has 0 saturated heterocycles. The molecule has 0 spiro atoms. The number of nitrogens with one attached hydrogen (secondary N) is 1. The highest BCUT2D eigenvalue weighted by molar-refractivity contribution is 7.99. The molecule has 1 nitrogen and oxygen atoms in total. The molecular weight excluding hydrogens is 334 g/mol. The number of thioether (sulfide) groups is 1. The van der Waals surface area contributed by atoms with Gasteiger partial charge >= 0.3 is 0 Å². The van der Waals surface area contributed by atoms with Crippen LogP contribution in [0.5, 0.6) is 0 Å². The van der Waals surface area contributed by atoms with Crippen molar-refractivity contribution in [1.82, 2.24) is 0 Å². The van der Waals surface area contributed by atoms with Gasteiger partial charge < -0.3 is 5.32 Å². The molecule has 1 N–H and O–H groups in total. The minimum Gasteiger partial charge on any atom is -0.354 e. The molecule has 1 unspecified atom stereocenters. The number of fused-ring (bicyclic) bond motifs is 1. The van der Waals surface area contributed by atoms with Gasteiger partial charge in [-0.2, -0.15) is 0 Å². The quantitative estimate of drug-likeness (QED) is 0.556. The van der Waals surface area contributed by atoms with E-state index in [9.17, 15) is 0 Å². The Bertz CT molecular complexity index is 872. The fraction of sp³-hybridized carbons (Fsp3) is 0.0476. The zero-order valence-corrected chi connectivity index (χ0v) is 14.5. The van der Waals surface area contributed by atoms with E-state index in [1.54, 1.807) is 0 Å². The number of anilines is 1. The fourth-order valence-corrected chi connectivity index (χ4v) is 4.08. The summed E-state index contributed by atoms with van der Waals surface area (Å²) in [7, 11) is 0. The van der Waals surface area contributed by atoms with Gasteiger partial charge in [0.05, 0.1) is 10.9 Å². The molecule has 0 aromatic heterocycles. The van der Waals surface area contributed by atoms with Crippen molar-refractivity contribution in [1.29, 1.82) is 0 Å². The van der Waals surface area contributed by atoms with Crippen molar-refractivity contribution in [3.63, 3.8) is 0 Å². The van der Waals surface area contributed by atoms with Crippen LogP contribution in [0.25, 0.3) is 5.70 Å². The predicted octanol–water partition coefficient (Wildman–Crippen LogP) is 6.64. The Morgan fingerprint density at radius 1 is 0.792 bits per heavy atom. The van der Waals surface area contributed by atoms with E-state index in [4.69, 9.17) is 11.6 Å². The third-order valence-corrected chi connectivity index (χ3v) is 5.54. The summed E-state index contributed by atoms with van der Waals surface area (Å²) in [5.74, 6) is 0. The lowest BCUT2D eigenvalue weighted by Gasteiger charge is -2.12. The first kappa shape index (κ1) is 15.4. The van der Waals surface area contributed by atoms with Gasteiger partial charge in [0.2, 0.25) is 0 Å². The minimum atomic E-state index is 0.230. The highest BCUT2D eigenvalue weighted by Crippen LogP contribution is 2.44. The van der Waals surface area contributed by atoms with E-state index in [1.165, 1.54) is 16.0 Å². The Kier molecular flexibility index (Phi) is 4.33. The average molecular weight is 350 g/mol. The summed E-state index contributed by atoms with van der Waals surface area (Å²) in [6.45, 7) is 0. The second-order valence-corrected chi connectivity index (χ2v) is 7.28. The Morgan fingerprint density at radius 3 is 2.29 bits per heavy atom. The maximum absolute atomic E-state index is 6.05. The predicted molar refractivity (Wildman–Crippen MR) is 105 cm³/mol. The molecule has 0 bridgehead atoms. The van der Waals surface area contributed by atoms with Crippen molar-refractivity contribution in [2.24, 2.45) is 0 Å². The molecule has 4 rings (SSSR count). The molecule has 1 atom stereocenters. The average Bonchev–Trinajstić information content (AvgIpc) is 2.83. The van der Waals surface area contributed by atoms with Gasteiger partial charge in [0.15, 0.2) is 0 Å². The lowest BCUT2D eigenvalue weighted by atomic mass is 10.1. The van der Waals surface area contributed by atoms with Gasteiger partial charge in [-0.1, -0.05) is 66.2 Å². The number of hydrogen-bond donors (Lipinski definition) is 1. The molecule has 1 heterocycles. The second-order valence-electron chi connectivity index (χ2n) is 5.66. The topological polar surface area (TPSA) is 12.0 Å². The normalized spacial score (nSPS) is 16.5. The summed E-state index contributed by atoms with van der Waals surface area (Å²) in [6.07, 6.45) is 2.29. The molecular formula is C21H16ClNS. The third-order valence-electron chi connectivity index (χ3n) is 4.01. The second kappa shape index (κ2) is 6.76. The number of hydrogen-bond acceptors (Lipinski definition) is 2. The summed E-state index contributed by atoms with van der Waals surface area (Å²) in [6, 6.07) is 27.0. The van der Waals surface area contributed by atoms with E-state index in [1.807, 2.05) is 30.0 Å². The van der Waals surface area contributed by atoms with Crippen LogP contribution in [0.3, 0.4) is 0 Å². The first-order valence-electron chi connectivity index (χ1n) is 7.85. The molecule has 0 radical (unpaired) electrons. The smallest absolute Gasteiger partial charge is 0.0548 e. The molecule has 0 fully saturated rings. The van der Waals surface area contributed by atoms with Gasteiger partial charge in [-0.3, -0.25) is 0 Å². The van der Waals surface area contributed by atoms with Crippen LogP contribution in [0.2, 0.25) is 5.02 Å². The van der Waals surface area contributed by atoms with Gasteiger partial charge in [-0.15, -0.1) is 11.8 Å². The number of rotatable bonds is 2. The van der Waals surface area contributed by atoms with Crippen molar-refractivity contribution in [2.45, 2.75) is 10.1 Å². The van der Waals surface area contributed by atoms with Crippen molar-refractivity contribution in [3.05, 3.63) is 101 Å². The van der Waals surface area contributed by atoms with Gasteiger partial charge in [0, 0.05) is 15.6 Å². The number of para-hydroxylation sites is 1. The Hall–Kier alpha value is -2.16. The monoisotopic (exact) mass is 349 g/mol. The van der Waals surface area contributed by atoms with Crippen molar-refractivity contribution in [3.8, 4) is 0 Å². The zero-order valence-electron chi connectivity index (χ0n) is 12.9. The Labute approximate surface area is 151 Å². The molecule has 0 saturated carbocycles. The molecule has 3 heteroatoms. The van der Waals surface area contributed by atoms with Crippen LogP contribution in [0, 0.1) is 0 Å². The van der Waals surface area contributed by atoms with Crippen LogP contribution in [-0.2, 0) is 0 Å². The fourth-order valence-electron chi connectivity index (χ4n) is 2.78. The minimum absolute atomic E-state index is 0.230. The summed E-state index contributed by atoms with van der Waals surface area (Å²) in [4.78, 5) is 1.25. The lowest BCUT2D eigenvalue weighted by molar-refractivity contribution is 1.23.